The average Bonchev–Trinajstić information content (AvgIpc) is 2.70. The minimum atomic E-state index is -0.119. The molecule has 0 radical (unpaired) electrons. The Morgan fingerprint density at radius 1 is 0.963 bits per heavy atom. The molecule has 0 saturated carbocycles. The van der Waals surface area contributed by atoms with Gasteiger partial charge in [-0.2, -0.15) is 0 Å². The molecule has 0 bridgehead atoms. The van der Waals surface area contributed by atoms with Crippen molar-refractivity contribution in [1.82, 2.24) is 4.90 Å². The van der Waals surface area contributed by atoms with Crippen molar-refractivity contribution < 1.29 is 23.7 Å². The van der Waals surface area contributed by atoms with E-state index in [1.807, 2.05) is 24.3 Å². The van der Waals surface area contributed by atoms with Crippen molar-refractivity contribution in [3.05, 3.63) is 53.6 Å². The summed E-state index contributed by atoms with van der Waals surface area (Å²) in [6.45, 7) is 0.482. The lowest BCUT2D eigenvalue weighted by Gasteiger charge is -2.16. The molecule has 6 heteroatoms. The van der Waals surface area contributed by atoms with E-state index in [2.05, 4.69) is 0 Å². The molecule has 0 fully saturated rings. The molecule has 0 atom stereocenters. The molecule has 0 spiro atoms. The van der Waals surface area contributed by atoms with Crippen molar-refractivity contribution in [3.63, 3.8) is 0 Å². The second kappa shape index (κ2) is 9.52. The molecule has 0 unspecified atom stereocenters. The lowest BCUT2D eigenvalue weighted by molar-refractivity contribution is -0.125. The van der Waals surface area contributed by atoms with Gasteiger partial charge < -0.3 is 23.8 Å². The molecule has 0 aromatic heterocycles. The Hall–Kier alpha value is -3.15. The van der Waals surface area contributed by atoms with Crippen molar-refractivity contribution >= 4 is 12.0 Å². The number of ether oxygens (including phenoxy) is 4. The molecule has 144 valence electrons. The monoisotopic (exact) mass is 371 g/mol. The van der Waals surface area contributed by atoms with Crippen LogP contribution in [0.2, 0.25) is 0 Å². The van der Waals surface area contributed by atoms with Crippen LogP contribution in [-0.2, 0) is 11.3 Å². The lowest BCUT2D eigenvalue weighted by atomic mass is 10.1. The minimum absolute atomic E-state index is 0.119. The van der Waals surface area contributed by atoms with Gasteiger partial charge in [0.1, 0.15) is 5.75 Å². The topological polar surface area (TPSA) is 57.2 Å². The van der Waals surface area contributed by atoms with Crippen molar-refractivity contribution in [2.24, 2.45) is 0 Å². The highest BCUT2D eigenvalue weighted by molar-refractivity contribution is 5.91. The summed E-state index contributed by atoms with van der Waals surface area (Å²) in [5, 5.41) is 0. The number of benzene rings is 2. The Kier molecular flexibility index (Phi) is 7.11. The van der Waals surface area contributed by atoms with Gasteiger partial charge in [0.25, 0.3) is 0 Å². The molecule has 2 aromatic rings. The van der Waals surface area contributed by atoms with Gasteiger partial charge in [0.15, 0.2) is 11.5 Å². The van der Waals surface area contributed by atoms with Crippen LogP contribution in [0.15, 0.2) is 42.5 Å². The maximum absolute atomic E-state index is 12.4. The lowest BCUT2D eigenvalue weighted by Crippen LogP contribution is -2.24. The van der Waals surface area contributed by atoms with E-state index in [4.69, 9.17) is 18.9 Å². The molecule has 0 saturated heterocycles. The largest absolute Gasteiger partial charge is 0.497 e. The Morgan fingerprint density at radius 2 is 1.63 bits per heavy atom. The second-order valence-corrected chi connectivity index (χ2v) is 5.84. The highest BCUT2D eigenvalue weighted by Gasteiger charge is 2.12. The molecule has 1 amide bonds. The van der Waals surface area contributed by atoms with Gasteiger partial charge in [0, 0.05) is 19.7 Å². The Labute approximate surface area is 159 Å². The number of likely N-dealkylation sites (N-methyl/N-ethyl adjacent to an activating group) is 1. The molecule has 0 aliphatic heterocycles. The second-order valence-electron chi connectivity index (χ2n) is 5.84. The first-order valence-corrected chi connectivity index (χ1v) is 8.38. The summed E-state index contributed by atoms with van der Waals surface area (Å²) in [7, 11) is 8.03. The highest BCUT2D eigenvalue weighted by atomic mass is 16.5. The van der Waals surface area contributed by atoms with E-state index in [0.29, 0.717) is 23.8 Å². The van der Waals surface area contributed by atoms with Gasteiger partial charge in [0.2, 0.25) is 11.7 Å². The van der Waals surface area contributed by atoms with E-state index < -0.39 is 0 Å². The van der Waals surface area contributed by atoms with E-state index in [1.165, 1.54) is 6.08 Å². The first-order chi connectivity index (χ1) is 13.0. The maximum atomic E-state index is 12.4. The average molecular weight is 371 g/mol. The van der Waals surface area contributed by atoms with E-state index in [-0.39, 0.29) is 5.91 Å². The fourth-order valence-corrected chi connectivity index (χ4v) is 2.61. The molecule has 0 heterocycles. The van der Waals surface area contributed by atoms with Crippen LogP contribution >= 0.6 is 0 Å². The predicted octanol–water partition coefficient (Wildman–Crippen LogP) is 3.39. The van der Waals surface area contributed by atoms with Crippen LogP contribution in [0.1, 0.15) is 11.1 Å². The maximum Gasteiger partial charge on any atom is 0.246 e. The fourth-order valence-electron chi connectivity index (χ4n) is 2.61. The van der Waals surface area contributed by atoms with Crippen molar-refractivity contribution in [2.75, 3.05) is 35.5 Å². The summed E-state index contributed by atoms with van der Waals surface area (Å²) in [4.78, 5) is 14.1. The summed E-state index contributed by atoms with van der Waals surface area (Å²) in [6.07, 6.45) is 3.23. The zero-order valence-corrected chi connectivity index (χ0v) is 16.3. The molecule has 6 nitrogen and oxygen atoms in total. The number of hydrogen-bond acceptors (Lipinski definition) is 5. The summed E-state index contributed by atoms with van der Waals surface area (Å²) >= 11 is 0. The number of carbonyl (C=O) groups is 1. The van der Waals surface area contributed by atoms with Gasteiger partial charge in [-0.05, 0) is 41.5 Å². The molecule has 2 rings (SSSR count). The van der Waals surface area contributed by atoms with Gasteiger partial charge in [-0.1, -0.05) is 12.1 Å². The van der Waals surface area contributed by atoms with Crippen LogP contribution in [0.3, 0.4) is 0 Å². The van der Waals surface area contributed by atoms with Gasteiger partial charge in [0.05, 0.1) is 28.4 Å². The van der Waals surface area contributed by atoms with Crippen LogP contribution in [0.5, 0.6) is 23.0 Å². The van der Waals surface area contributed by atoms with Crippen molar-refractivity contribution in [2.45, 2.75) is 6.54 Å². The first kappa shape index (κ1) is 20.2. The quantitative estimate of drug-likeness (QED) is 0.666. The normalized spacial score (nSPS) is 10.6. The molecule has 27 heavy (non-hydrogen) atoms. The summed E-state index contributed by atoms with van der Waals surface area (Å²) in [5.74, 6) is 2.23. The number of rotatable bonds is 8. The van der Waals surface area contributed by atoms with Crippen LogP contribution in [0.25, 0.3) is 6.08 Å². The SMILES string of the molecule is COc1cccc(CN(C)C(=O)/C=C/c2cc(OC)c(OC)c(OC)c2)c1. The summed E-state index contributed by atoms with van der Waals surface area (Å²) < 4.78 is 21.2. The number of amides is 1. The smallest absolute Gasteiger partial charge is 0.246 e. The standard InChI is InChI=1S/C21H25NO5/c1-22(14-16-7-6-8-17(11-16)24-2)20(23)10-9-15-12-18(25-3)21(27-5)19(13-15)26-4/h6-13H,14H2,1-5H3/b10-9+. The highest BCUT2D eigenvalue weighted by Crippen LogP contribution is 2.38. The van der Waals surface area contributed by atoms with Crippen molar-refractivity contribution in [3.8, 4) is 23.0 Å². The van der Waals surface area contributed by atoms with Crippen LogP contribution < -0.4 is 18.9 Å². The van der Waals surface area contributed by atoms with Gasteiger partial charge in [-0.25, -0.2) is 0 Å². The zero-order chi connectivity index (χ0) is 19.8. The summed E-state index contributed by atoms with van der Waals surface area (Å²) in [5.41, 5.74) is 1.76. The number of hydrogen-bond donors (Lipinski definition) is 0. The van der Waals surface area contributed by atoms with E-state index in [9.17, 15) is 4.79 Å². The molecular formula is C21H25NO5. The molecule has 0 aliphatic carbocycles. The van der Waals surface area contributed by atoms with Gasteiger partial charge >= 0.3 is 0 Å². The Morgan fingerprint density at radius 3 is 2.19 bits per heavy atom. The number of carbonyl (C=O) groups excluding carboxylic acids is 1. The van der Waals surface area contributed by atoms with Crippen LogP contribution in [0.4, 0.5) is 0 Å². The predicted molar refractivity (Wildman–Crippen MR) is 105 cm³/mol. The third-order valence-electron chi connectivity index (χ3n) is 4.04. The third kappa shape index (κ3) is 5.17. The van der Waals surface area contributed by atoms with Crippen LogP contribution in [-0.4, -0.2) is 46.3 Å². The Bertz CT molecular complexity index is 791. The van der Waals surface area contributed by atoms with E-state index in [0.717, 1.165) is 16.9 Å². The van der Waals surface area contributed by atoms with Crippen LogP contribution in [0, 0.1) is 0 Å². The molecule has 2 aromatic carbocycles. The molecule has 0 N–H and O–H groups in total. The number of methoxy groups -OCH3 is 4. The Balaban J connectivity index is 2.13. The van der Waals surface area contributed by atoms with Crippen molar-refractivity contribution in [1.29, 1.82) is 0 Å². The van der Waals surface area contributed by atoms with Gasteiger partial charge in [-0.3, -0.25) is 4.79 Å². The summed E-state index contributed by atoms with van der Waals surface area (Å²) in [6, 6.07) is 11.2. The third-order valence-corrected chi connectivity index (χ3v) is 4.04. The van der Waals surface area contributed by atoms with E-state index >= 15 is 0 Å². The minimum Gasteiger partial charge on any atom is -0.497 e. The number of nitrogens with zero attached hydrogens (tertiary/aromatic N) is 1. The fraction of sp³-hybridized carbons (Fsp3) is 0.286. The molecule has 0 aliphatic rings. The zero-order valence-electron chi connectivity index (χ0n) is 16.3. The first-order valence-electron chi connectivity index (χ1n) is 8.38. The van der Waals surface area contributed by atoms with E-state index in [1.54, 1.807) is 58.6 Å². The van der Waals surface area contributed by atoms with Gasteiger partial charge in [-0.15, -0.1) is 0 Å². The molecular weight excluding hydrogens is 346 g/mol.